The fourth-order valence-corrected chi connectivity index (χ4v) is 3.52. The van der Waals surface area contributed by atoms with Crippen LogP contribution in [0.2, 0.25) is 0 Å². The molecule has 6 nitrogen and oxygen atoms in total. The summed E-state index contributed by atoms with van der Waals surface area (Å²) < 4.78 is 11.9. The van der Waals surface area contributed by atoms with Crippen LogP contribution in [-0.4, -0.2) is 29.0 Å². The molecule has 0 amide bonds. The summed E-state index contributed by atoms with van der Waals surface area (Å²) in [5, 5.41) is 6.04. The van der Waals surface area contributed by atoms with Crippen molar-refractivity contribution in [2.75, 3.05) is 14.2 Å². The van der Waals surface area contributed by atoms with Crippen LogP contribution in [0.4, 0.5) is 0 Å². The zero-order valence-corrected chi connectivity index (χ0v) is 16.2. The van der Waals surface area contributed by atoms with Gasteiger partial charge in [-0.2, -0.15) is 9.78 Å². The first-order valence-electron chi connectivity index (χ1n) is 8.94. The van der Waals surface area contributed by atoms with E-state index >= 15 is 0 Å². The molecule has 0 unspecified atom stereocenters. The molecule has 4 rings (SSSR count). The summed E-state index contributed by atoms with van der Waals surface area (Å²) in [6.45, 7) is 3.88. The van der Waals surface area contributed by atoms with Gasteiger partial charge in [0.15, 0.2) is 0 Å². The average molecular weight is 375 g/mol. The number of aryl methyl sites for hydroxylation is 2. The maximum absolute atomic E-state index is 13.4. The second-order valence-electron chi connectivity index (χ2n) is 6.60. The molecule has 2 aromatic heterocycles. The van der Waals surface area contributed by atoms with Crippen molar-refractivity contribution in [3.63, 3.8) is 0 Å². The van der Waals surface area contributed by atoms with Crippen molar-refractivity contribution < 1.29 is 9.47 Å². The Morgan fingerprint density at radius 3 is 2.00 bits per heavy atom. The summed E-state index contributed by atoms with van der Waals surface area (Å²) in [4.78, 5) is 16.8. The standard InChI is InChI=1S/C22H21N3O3/c1-13-19-14(2)24-25(16-7-11-18(28-4)12-8-16)22(26)20(19)21(23-13)15-5-9-17(27-3)10-6-15/h5-12,23H,1-4H3. The van der Waals surface area contributed by atoms with Crippen LogP contribution in [0, 0.1) is 13.8 Å². The number of nitrogens with zero attached hydrogens (tertiary/aromatic N) is 2. The van der Waals surface area contributed by atoms with Gasteiger partial charge in [0.25, 0.3) is 5.56 Å². The molecule has 0 fully saturated rings. The fourth-order valence-electron chi connectivity index (χ4n) is 3.52. The van der Waals surface area contributed by atoms with Gasteiger partial charge in [0.2, 0.25) is 0 Å². The van der Waals surface area contributed by atoms with Crippen LogP contribution >= 0.6 is 0 Å². The number of aromatic nitrogens is 3. The van der Waals surface area contributed by atoms with Crippen molar-refractivity contribution >= 4 is 10.8 Å². The van der Waals surface area contributed by atoms with Gasteiger partial charge in [0.1, 0.15) is 11.5 Å². The molecule has 2 aromatic carbocycles. The molecule has 0 atom stereocenters. The van der Waals surface area contributed by atoms with Crippen molar-refractivity contribution in [2.24, 2.45) is 0 Å². The van der Waals surface area contributed by atoms with Gasteiger partial charge in [0.05, 0.1) is 36.7 Å². The predicted octanol–water partition coefficient (Wildman–Crippen LogP) is 4.01. The Kier molecular flexibility index (Phi) is 4.39. The van der Waals surface area contributed by atoms with Crippen molar-refractivity contribution in [2.45, 2.75) is 13.8 Å². The largest absolute Gasteiger partial charge is 0.497 e. The highest BCUT2D eigenvalue weighted by molar-refractivity contribution is 5.98. The number of aromatic amines is 1. The van der Waals surface area contributed by atoms with E-state index in [1.54, 1.807) is 14.2 Å². The van der Waals surface area contributed by atoms with E-state index in [1.165, 1.54) is 4.68 Å². The van der Waals surface area contributed by atoms with E-state index in [2.05, 4.69) is 10.1 Å². The van der Waals surface area contributed by atoms with Gasteiger partial charge < -0.3 is 14.5 Å². The minimum absolute atomic E-state index is 0.166. The molecular formula is C22H21N3O3. The number of rotatable bonds is 4. The zero-order chi connectivity index (χ0) is 19.8. The highest BCUT2D eigenvalue weighted by Crippen LogP contribution is 2.31. The number of benzene rings is 2. The number of H-pyrrole nitrogens is 1. The molecule has 6 heteroatoms. The molecule has 0 bridgehead atoms. The second-order valence-corrected chi connectivity index (χ2v) is 6.60. The van der Waals surface area contributed by atoms with E-state index in [9.17, 15) is 4.79 Å². The normalized spacial score (nSPS) is 11.0. The van der Waals surface area contributed by atoms with E-state index < -0.39 is 0 Å². The Balaban J connectivity index is 1.97. The highest BCUT2D eigenvalue weighted by atomic mass is 16.5. The molecular weight excluding hydrogens is 354 g/mol. The summed E-state index contributed by atoms with van der Waals surface area (Å²) in [6.07, 6.45) is 0. The number of hydrogen-bond acceptors (Lipinski definition) is 4. The van der Waals surface area contributed by atoms with E-state index in [4.69, 9.17) is 9.47 Å². The first-order chi connectivity index (χ1) is 13.5. The van der Waals surface area contributed by atoms with Crippen LogP contribution < -0.4 is 15.0 Å². The molecule has 28 heavy (non-hydrogen) atoms. The van der Waals surface area contributed by atoms with Crippen LogP contribution in [0.1, 0.15) is 11.4 Å². The highest BCUT2D eigenvalue weighted by Gasteiger charge is 2.19. The topological polar surface area (TPSA) is 69.1 Å². The van der Waals surface area contributed by atoms with Gasteiger partial charge in [-0.3, -0.25) is 4.79 Å². The third kappa shape index (κ3) is 2.83. The van der Waals surface area contributed by atoms with Gasteiger partial charge in [-0.1, -0.05) is 0 Å². The molecule has 0 aliphatic rings. The van der Waals surface area contributed by atoms with Crippen LogP contribution in [-0.2, 0) is 0 Å². The lowest BCUT2D eigenvalue weighted by Gasteiger charge is -2.09. The third-order valence-corrected chi connectivity index (χ3v) is 4.90. The monoisotopic (exact) mass is 375 g/mol. The lowest BCUT2D eigenvalue weighted by Crippen LogP contribution is -2.22. The van der Waals surface area contributed by atoms with Crippen molar-refractivity contribution in [1.82, 2.24) is 14.8 Å². The average Bonchev–Trinajstić information content (AvgIpc) is 3.09. The van der Waals surface area contributed by atoms with Crippen molar-refractivity contribution in [3.05, 3.63) is 70.3 Å². The molecule has 0 saturated heterocycles. The number of nitrogens with one attached hydrogen (secondary N) is 1. The van der Waals surface area contributed by atoms with E-state index in [-0.39, 0.29) is 5.56 Å². The van der Waals surface area contributed by atoms with Crippen LogP contribution in [0.3, 0.4) is 0 Å². The van der Waals surface area contributed by atoms with Gasteiger partial charge >= 0.3 is 0 Å². The summed E-state index contributed by atoms with van der Waals surface area (Å²) in [5.74, 6) is 1.50. The molecule has 0 aliphatic heterocycles. The predicted molar refractivity (Wildman–Crippen MR) is 110 cm³/mol. The molecule has 1 N–H and O–H groups in total. The first kappa shape index (κ1) is 17.9. The van der Waals surface area contributed by atoms with Gasteiger partial charge in [-0.05, 0) is 67.9 Å². The van der Waals surface area contributed by atoms with Gasteiger partial charge in [-0.15, -0.1) is 0 Å². The van der Waals surface area contributed by atoms with Crippen LogP contribution in [0.25, 0.3) is 27.7 Å². The minimum Gasteiger partial charge on any atom is -0.497 e. The Hall–Kier alpha value is -3.54. The first-order valence-corrected chi connectivity index (χ1v) is 8.94. The number of hydrogen-bond donors (Lipinski definition) is 1. The fraction of sp³-hybridized carbons (Fsp3) is 0.182. The van der Waals surface area contributed by atoms with Crippen molar-refractivity contribution in [1.29, 1.82) is 0 Å². The van der Waals surface area contributed by atoms with Gasteiger partial charge in [0, 0.05) is 11.1 Å². The van der Waals surface area contributed by atoms with Gasteiger partial charge in [-0.25, -0.2) is 0 Å². The smallest absolute Gasteiger partial charge is 0.281 e. The lowest BCUT2D eigenvalue weighted by molar-refractivity contribution is 0.414. The molecule has 0 radical (unpaired) electrons. The number of fused-ring (bicyclic) bond motifs is 1. The Morgan fingerprint density at radius 2 is 1.43 bits per heavy atom. The summed E-state index contributed by atoms with van der Waals surface area (Å²) in [6, 6.07) is 14.9. The van der Waals surface area contributed by atoms with E-state index in [0.29, 0.717) is 11.1 Å². The van der Waals surface area contributed by atoms with Crippen LogP contribution in [0.15, 0.2) is 53.3 Å². The SMILES string of the molecule is COc1ccc(-c2[nH]c(C)c3c(C)nn(-c4ccc(OC)cc4)c(=O)c23)cc1. The lowest BCUT2D eigenvalue weighted by atomic mass is 10.1. The Bertz CT molecular complexity index is 1200. The quantitative estimate of drug-likeness (QED) is 0.585. The summed E-state index contributed by atoms with van der Waals surface area (Å²) >= 11 is 0. The number of methoxy groups -OCH3 is 2. The van der Waals surface area contributed by atoms with Crippen molar-refractivity contribution in [3.8, 4) is 28.4 Å². The zero-order valence-electron chi connectivity index (χ0n) is 16.2. The Morgan fingerprint density at radius 1 is 0.857 bits per heavy atom. The second kappa shape index (κ2) is 6.88. The molecule has 2 heterocycles. The van der Waals surface area contributed by atoms with E-state index in [1.807, 2.05) is 62.4 Å². The summed E-state index contributed by atoms with van der Waals surface area (Å²) in [7, 11) is 3.24. The summed E-state index contributed by atoms with van der Waals surface area (Å²) in [5.41, 5.74) is 3.94. The van der Waals surface area contributed by atoms with E-state index in [0.717, 1.165) is 39.5 Å². The molecule has 0 saturated carbocycles. The minimum atomic E-state index is -0.166. The Labute approximate surface area is 162 Å². The third-order valence-electron chi connectivity index (χ3n) is 4.90. The molecule has 4 aromatic rings. The van der Waals surface area contributed by atoms with Crippen LogP contribution in [0.5, 0.6) is 11.5 Å². The maximum Gasteiger partial charge on any atom is 0.281 e. The molecule has 0 spiro atoms. The molecule has 0 aliphatic carbocycles. The molecule has 142 valence electrons. The maximum atomic E-state index is 13.4. The number of ether oxygens (including phenoxy) is 2.